The Hall–Kier alpha value is -8.32. The van der Waals surface area contributed by atoms with Gasteiger partial charge in [-0.1, -0.05) is 116 Å². The van der Waals surface area contributed by atoms with Gasteiger partial charge in [0, 0.05) is 67.2 Å². The van der Waals surface area contributed by atoms with E-state index in [0.717, 1.165) is 0 Å². The number of hydrogen-bond donors (Lipinski definition) is 6. The van der Waals surface area contributed by atoms with Crippen molar-refractivity contribution in [2.45, 2.75) is 246 Å². The summed E-state index contributed by atoms with van der Waals surface area (Å²) in [7, 11) is 5.79. The van der Waals surface area contributed by atoms with Crippen LogP contribution >= 0.6 is 0 Å². The van der Waals surface area contributed by atoms with Crippen LogP contribution in [0.4, 0.5) is 9.59 Å². The SMILES string of the molecule is CC(C)C[C@@H]1NC(=O)[C@H](CCCNC(=O)OC(C)(C)C)N(C)C(=O)[C@H](C(C)C)NC(=O)[C@@H]2CCCN2C(=O)[C@@H](Cc2ccccc2)N(C)C(=O)[C@H](CC(C)C)NC(=O)[C@H](CCCNC(=O)OC(C)(C)C)N(C)C(=O)[C@H](C(C)C)NC(=O)[C@@H]2CCCN2C(=O)[C@@H](Cc2ccccc2)N(C)C1=O. The zero-order valence-electron chi connectivity index (χ0n) is 62.6. The summed E-state index contributed by atoms with van der Waals surface area (Å²) in [6.45, 7) is 25.0. The van der Waals surface area contributed by atoms with Gasteiger partial charge in [0.25, 0.3) is 0 Å². The fraction of sp³-hybridized carbons (Fsp3) is 0.676. The second-order valence-corrected chi connectivity index (χ2v) is 30.6. The lowest BCUT2D eigenvalue weighted by Gasteiger charge is -2.38. The van der Waals surface area contributed by atoms with Crippen molar-refractivity contribution >= 4 is 71.3 Å². The van der Waals surface area contributed by atoms with Crippen molar-refractivity contribution in [1.29, 1.82) is 0 Å². The molecule has 5 rings (SSSR count). The molecular weight excluding hydrogens is 1280 g/mol. The first kappa shape index (κ1) is 82.3. The van der Waals surface area contributed by atoms with Gasteiger partial charge in [-0.15, -0.1) is 0 Å². The van der Waals surface area contributed by atoms with E-state index < -0.39 is 155 Å². The van der Waals surface area contributed by atoms with Gasteiger partial charge in [0.05, 0.1) is 0 Å². The van der Waals surface area contributed by atoms with Gasteiger partial charge in [-0.3, -0.25) is 47.9 Å². The average Bonchev–Trinajstić information content (AvgIpc) is 1.48. The fourth-order valence-electron chi connectivity index (χ4n) is 13.0. The molecule has 12 amide bonds. The zero-order chi connectivity index (χ0) is 74.7. The lowest BCUT2D eigenvalue weighted by Crippen LogP contribution is -2.62. The molecule has 0 aliphatic carbocycles. The van der Waals surface area contributed by atoms with Crippen LogP contribution in [0.5, 0.6) is 0 Å². The van der Waals surface area contributed by atoms with Gasteiger partial charge < -0.3 is 70.8 Å². The number of rotatable bonds is 18. The van der Waals surface area contributed by atoms with Gasteiger partial charge in [-0.05, 0) is 141 Å². The molecule has 10 atom stereocenters. The van der Waals surface area contributed by atoms with E-state index in [2.05, 4.69) is 31.9 Å². The summed E-state index contributed by atoms with van der Waals surface area (Å²) in [6.07, 6.45) is 0.113. The van der Waals surface area contributed by atoms with E-state index in [0.29, 0.717) is 24.0 Å². The van der Waals surface area contributed by atoms with Crippen molar-refractivity contribution in [3.63, 3.8) is 0 Å². The van der Waals surface area contributed by atoms with Gasteiger partial charge in [0.2, 0.25) is 59.1 Å². The van der Waals surface area contributed by atoms with Gasteiger partial charge in [0.1, 0.15) is 71.6 Å². The van der Waals surface area contributed by atoms with E-state index in [9.17, 15) is 19.2 Å². The molecule has 556 valence electrons. The number of alkyl carbamates (subject to hydrolysis) is 2. The van der Waals surface area contributed by atoms with E-state index >= 15 is 38.4 Å². The van der Waals surface area contributed by atoms with Crippen LogP contribution in [0.3, 0.4) is 0 Å². The normalized spacial score (nSPS) is 24.5. The molecule has 0 unspecified atom stereocenters. The molecule has 2 aromatic carbocycles. The number of fused-ring (bicyclic) bond motifs is 2. The van der Waals surface area contributed by atoms with Crippen LogP contribution < -0.4 is 31.9 Å². The number of benzene rings is 2. The first-order valence-electron chi connectivity index (χ1n) is 35.7. The van der Waals surface area contributed by atoms with Crippen molar-refractivity contribution in [3.05, 3.63) is 71.8 Å². The lowest BCUT2D eigenvalue weighted by atomic mass is 9.97. The molecule has 0 spiro atoms. The minimum atomic E-state index is -1.31. The summed E-state index contributed by atoms with van der Waals surface area (Å²) in [6, 6.07) is 5.60. The van der Waals surface area contributed by atoms with Crippen LogP contribution in [0, 0.1) is 23.7 Å². The molecule has 3 aliphatic heterocycles. The highest BCUT2D eigenvalue weighted by atomic mass is 16.6. The zero-order valence-corrected chi connectivity index (χ0v) is 62.6. The molecule has 0 aromatic heterocycles. The first-order chi connectivity index (χ1) is 46.8. The average molecular weight is 1400 g/mol. The van der Waals surface area contributed by atoms with Crippen LogP contribution in [-0.2, 0) is 70.3 Å². The Balaban J connectivity index is 1.69. The minimum absolute atomic E-state index is 0.00246. The number of carbonyl (C=O) groups excluding carboxylic acids is 12. The Labute approximate surface area is 592 Å². The summed E-state index contributed by atoms with van der Waals surface area (Å²) < 4.78 is 10.9. The number of hydrogen-bond acceptors (Lipinski definition) is 14. The number of nitrogens with one attached hydrogen (secondary N) is 6. The van der Waals surface area contributed by atoms with Crippen molar-refractivity contribution in [2.24, 2.45) is 23.7 Å². The monoisotopic (exact) mass is 1400 g/mol. The summed E-state index contributed by atoms with van der Waals surface area (Å²) in [5.74, 6) is -8.11. The molecule has 3 aliphatic rings. The predicted octanol–water partition coefficient (Wildman–Crippen LogP) is 5.73. The fourth-order valence-corrected chi connectivity index (χ4v) is 13.0. The molecule has 0 bridgehead atoms. The minimum Gasteiger partial charge on any atom is -0.444 e. The maximum absolute atomic E-state index is 15.5. The van der Waals surface area contributed by atoms with Crippen molar-refractivity contribution in [1.82, 2.24) is 61.3 Å². The Morgan fingerprint density at radius 3 is 1.07 bits per heavy atom. The third-order valence-electron chi connectivity index (χ3n) is 18.4. The number of carbonyl (C=O) groups is 12. The molecule has 3 heterocycles. The topological polar surface area (TPSA) is 315 Å². The summed E-state index contributed by atoms with van der Waals surface area (Å²) in [5, 5.41) is 17.2. The Morgan fingerprint density at radius 2 is 0.770 bits per heavy atom. The van der Waals surface area contributed by atoms with Gasteiger partial charge in [0.15, 0.2) is 0 Å². The molecule has 2 aromatic rings. The predicted molar refractivity (Wildman–Crippen MR) is 379 cm³/mol. The smallest absolute Gasteiger partial charge is 0.407 e. The third kappa shape index (κ3) is 23.9. The lowest BCUT2D eigenvalue weighted by molar-refractivity contribution is -0.151. The molecule has 26 heteroatoms. The van der Waals surface area contributed by atoms with Crippen LogP contribution in [-0.4, -0.2) is 227 Å². The number of amides is 12. The highest BCUT2D eigenvalue weighted by Gasteiger charge is 2.46. The molecule has 26 nitrogen and oxygen atoms in total. The summed E-state index contributed by atoms with van der Waals surface area (Å²) in [4.78, 5) is 186. The van der Waals surface area contributed by atoms with Crippen molar-refractivity contribution in [3.8, 4) is 0 Å². The molecule has 0 saturated carbocycles. The van der Waals surface area contributed by atoms with E-state index in [4.69, 9.17) is 9.47 Å². The standard InChI is InChI=1S/C74H116N12O14/c1-45(2)41-51-65(91)83(17)57(43-49-29-21-19-22-30-49)67(93)85-39-27-35-55(85)63(89)80-60(48(7)8)70(96)82(16)54(34-26-38-76-72(98)100-74(12,13)14)62(88)78-52(42-46(3)4)66(92)84(18)58(44-50-31-23-20-24-32-50)68(94)86-40-28-36-56(86)64(90)79-59(47(5)6)69(95)81(15)53(61(87)77-51)33-25-37-75-71(97)99-73(9,10)11/h19-24,29-32,45-48,51-60H,25-28,33-44H2,1-18H3,(H,75,97)(H,76,98)(H,77,87)(H,78,88)(H,79,90)(H,80,89)/t51-,52-,53-,54-,55-,56-,57+,58+,59-,60-/m0/s1. The summed E-state index contributed by atoms with van der Waals surface area (Å²) in [5.41, 5.74) is -0.243. The van der Waals surface area contributed by atoms with Crippen LogP contribution in [0.2, 0.25) is 0 Å². The van der Waals surface area contributed by atoms with Crippen LogP contribution in [0.15, 0.2) is 60.7 Å². The van der Waals surface area contributed by atoms with Crippen LogP contribution in [0.1, 0.15) is 172 Å². The van der Waals surface area contributed by atoms with Gasteiger partial charge in [-0.25, -0.2) is 9.59 Å². The maximum Gasteiger partial charge on any atom is 0.407 e. The maximum atomic E-state index is 15.5. The second-order valence-electron chi connectivity index (χ2n) is 30.6. The van der Waals surface area contributed by atoms with E-state index in [1.165, 1.54) is 57.6 Å². The molecule has 6 N–H and O–H groups in total. The molecule has 3 fully saturated rings. The second kappa shape index (κ2) is 37.4. The first-order valence-corrected chi connectivity index (χ1v) is 35.7. The van der Waals surface area contributed by atoms with Crippen molar-refractivity contribution in [2.75, 3.05) is 54.4 Å². The number of ether oxygens (including phenoxy) is 2. The highest BCUT2D eigenvalue weighted by molar-refractivity contribution is 6.00. The van der Waals surface area contributed by atoms with Gasteiger partial charge >= 0.3 is 12.2 Å². The molecular formula is C74H116N12O14. The van der Waals surface area contributed by atoms with Crippen LogP contribution in [0.25, 0.3) is 0 Å². The third-order valence-corrected chi connectivity index (χ3v) is 18.4. The summed E-state index contributed by atoms with van der Waals surface area (Å²) >= 11 is 0. The van der Waals surface area contributed by atoms with E-state index in [1.807, 2.05) is 64.1 Å². The Kier molecular flexibility index (Phi) is 30.8. The highest BCUT2D eigenvalue weighted by Crippen LogP contribution is 2.27. The Bertz CT molecular complexity index is 2930. The number of likely N-dealkylation sites (N-methyl/N-ethyl adjacent to an activating group) is 4. The molecule has 0 radical (unpaired) electrons. The largest absolute Gasteiger partial charge is 0.444 e. The quantitative estimate of drug-likeness (QED) is 0.0972. The van der Waals surface area contributed by atoms with E-state index in [1.54, 1.807) is 93.5 Å². The molecule has 3 saturated heterocycles. The van der Waals surface area contributed by atoms with Gasteiger partial charge in [-0.2, -0.15) is 0 Å². The molecule has 100 heavy (non-hydrogen) atoms. The number of nitrogens with zero attached hydrogens (tertiary/aromatic N) is 6. The van der Waals surface area contributed by atoms with Crippen molar-refractivity contribution < 1.29 is 67.0 Å². The Morgan fingerprint density at radius 1 is 0.450 bits per heavy atom. The van der Waals surface area contributed by atoms with E-state index in [-0.39, 0.29) is 102 Å².